The largest absolute Gasteiger partial charge is 0.354 e. The summed E-state index contributed by atoms with van der Waals surface area (Å²) in [5.41, 5.74) is 2.64. The first-order valence-corrected chi connectivity index (χ1v) is 8.92. The van der Waals surface area contributed by atoms with Crippen molar-refractivity contribution in [3.63, 3.8) is 0 Å². The van der Waals surface area contributed by atoms with Crippen LogP contribution in [0.3, 0.4) is 0 Å². The van der Waals surface area contributed by atoms with E-state index in [9.17, 15) is 13.2 Å². The van der Waals surface area contributed by atoms with Gasteiger partial charge in [0.15, 0.2) is 0 Å². The van der Waals surface area contributed by atoms with Crippen LogP contribution in [-0.4, -0.2) is 33.7 Å². The first kappa shape index (κ1) is 17.5. The van der Waals surface area contributed by atoms with Gasteiger partial charge in [-0.05, 0) is 37.5 Å². The number of nitrogens with one attached hydrogen (secondary N) is 1. The van der Waals surface area contributed by atoms with Gasteiger partial charge >= 0.3 is 0 Å². The summed E-state index contributed by atoms with van der Waals surface area (Å²) in [6, 6.07) is 5.57. The third kappa shape index (κ3) is 5.04. The van der Waals surface area contributed by atoms with E-state index in [1.807, 2.05) is 32.9 Å². The number of carbonyl (C=O) groups is 1. The standard InChI is InChI=1S/C15H24N2O3S/c1-5-7-15(18)16-10-11-17(21(4,19)20)14-9-6-8-12(2)13(14)3/h6,8-9H,5,7,10-11H2,1-4H3,(H,16,18). The molecule has 0 saturated carbocycles. The molecule has 6 heteroatoms. The predicted octanol–water partition coefficient (Wildman–Crippen LogP) is 1.99. The molecule has 1 rings (SSSR count). The zero-order valence-electron chi connectivity index (χ0n) is 13.1. The molecule has 0 heterocycles. The van der Waals surface area contributed by atoms with Crippen molar-refractivity contribution >= 4 is 21.6 Å². The minimum atomic E-state index is -3.39. The van der Waals surface area contributed by atoms with E-state index in [2.05, 4.69) is 5.32 Å². The van der Waals surface area contributed by atoms with Crippen LogP contribution in [-0.2, 0) is 14.8 Å². The molecule has 1 aromatic rings. The second kappa shape index (κ2) is 7.45. The van der Waals surface area contributed by atoms with Crippen molar-refractivity contribution in [2.75, 3.05) is 23.7 Å². The molecule has 0 aromatic heterocycles. The highest BCUT2D eigenvalue weighted by Gasteiger charge is 2.19. The summed E-state index contributed by atoms with van der Waals surface area (Å²) in [6.45, 7) is 6.32. The summed E-state index contributed by atoms with van der Waals surface area (Å²) in [5, 5.41) is 2.74. The number of benzene rings is 1. The van der Waals surface area contributed by atoms with Gasteiger partial charge in [0.05, 0.1) is 18.5 Å². The summed E-state index contributed by atoms with van der Waals surface area (Å²) in [5.74, 6) is -0.0492. The van der Waals surface area contributed by atoms with E-state index in [0.717, 1.165) is 17.5 Å². The fourth-order valence-electron chi connectivity index (χ4n) is 2.08. The van der Waals surface area contributed by atoms with Crippen molar-refractivity contribution in [2.45, 2.75) is 33.6 Å². The van der Waals surface area contributed by atoms with Gasteiger partial charge in [0.2, 0.25) is 15.9 Å². The van der Waals surface area contributed by atoms with Crippen molar-refractivity contribution in [3.05, 3.63) is 29.3 Å². The summed E-state index contributed by atoms with van der Waals surface area (Å²) in [7, 11) is -3.39. The number of rotatable bonds is 7. The maximum atomic E-state index is 12.0. The molecule has 0 saturated heterocycles. The molecule has 0 radical (unpaired) electrons. The Bertz CT molecular complexity index is 597. The highest BCUT2D eigenvalue weighted by atomic mass is 32.2. The van der Waals surface area contributed by atoms with Gasteiger partial charge < -0.3 is 5.32 Å². The van der Waals surface area contributed by atoms with E-state index >= 15 is 0 Å². The van der Waals surface area contributed by atoms with Crippen LogP contribution >= 0.6 is 0 Å². The van der Waals surface area contributed by atoms with E-state index in [0.29, 0.717) is 18.7 Å². The molecule has 1 N–H and O–H groups in total. The van der Waals surface area contributed by atoms with Gasteiger partial charge in [0.25, 0.3) is 0 Å². The second-order valence-corrected chi connectivity index (χ2v) is 7.06. The monoisotopic (exact) mass is 312 g/mol. The fourth-order valence-corrected chi connectivity index (χ4v) is 3.06. The summed E-state index contributed by atoms with van der Waals surface area (Å²) >= 11 is 0. The van der Waals surface area contributed by atoms with Gasteiger partial charge in [-0.3, -0.25) is 9.10 Å². The zero-order chi connectivity index (χ0) is 16.0. The lowest BCUT2D eigenvalue weighted by molar-refractivity contribution is -0.121. The van der Waals surface area contributed by atoms with Gasteiger partial charge in [-0.2, -0.15) is 0 Å². The molecular formula is C15H24N2O3S. The third-order valence-corrected chi connectivity index (χ3v) is 4.54. The maximum Gasteiger partial charge on any atom is 0.232 e. The summed E-state index contributed by atoms with van der Waals surface area (Å²) < 4.78 is 25.4. The van der Waals surface area contributed by atoms with Crippen LogP contribution in [0.2, 0.25) is 0 Å². The van der Waals surface area contributed by atoms with Gasteiger partial charge in [-0.1, -0.05) is 19.1 Å². The Kier molecular flexibility index (Phi) is 6.20. The topological polar surface area (TPSA) is 66.5 Å². The average molecular weight is 312 g/mol. The van der Waals surface area contributed by atoms with Crippen LogP contribution in [0.25, 0.3) is 0 Å². The SMILES string of the molecule is CCCC(=O)NCCN(c1cccc(C)c1C)S(C)(=O)=O. The Balaban J connectivity index is 2.88. The van der Waals surface area contributed by atoms with E-state index in [-0.39, 0.29) is 12.5 Å². The van der Waals surface area contributed by atoms with Crippen molar-refractivity contribution in [1.82, 2.24) is 5.32 Å². The first-order valence-electron chi connectivity index (χ1n) is 7.08. The fraction of sp³-hybridized carbons (Fsp3) is 0.533. The molecule has 0 aliphatic rings. The molecule has 5 nitrogen and oxygen atoms in total. The van der Waals surface area contributed by atoms with Crippen LogP contribution in [0, 0.1) is 13.8 Å². The molecule has 0 bridgehead atoms. The molecule has 21 heavy (non-hydrogen) atoms. The predicted molar refractivity (Wildman–Crippen MR) is 86.0 cm³/mol. The number of aryl methyl sites for hydroxylation is 1. The summed E-state index contributed by atoms with van der Waals surface area (Å²) in [4.78, 5) is 11.5. The van der Waals surface area contributed by atoms with E-state index in [4.69, 9.17) is 0 Å². The van der Waals surface area contributed by atoms with Crippen molar-refractivity contribution < 1.29 is 13.2 Å². The molecule has 1 amide bonds. The van der Waals surface area contributed by atoms with E-state index in [1.165, 1.54) is 10.6 Å². The highest BCUT2D eigenvalue weighted by Crippen LogP contribution is 2.24. The second-order valence-electron chi connectivity index (χ2n) is 5.15. The molecule has 118 valence electrons. The Morgan fingerprint density at radius 1 is 1.29 bits per heavy atom. The van der Waals surface area contributed by atoms with Crippen molar-refractivity contribution in [3.8, 4) is 0 Å². The lowest BCUT2D eigenvalue weighted by Gasteiger charge is -2.25. The van der Waals surface area contributed by atoms with Crippen LogP contribution < -0.4 is 9.62 Å². The van der Waals surface area contributed by atoms with Crippen LogP contribution in [0.4, 0.5) is 5.69 Å². The first-order chi connectivity index (χ1) is 9.77. The number of hydrogen-bond acceptors (Lipinski definition) is 3. The molecule has 0 aliphatic carbocycles. The Hall–Kier alpha value is -1.56. The van der Waals surface area contributed by atoms with Crippen LogP contribution in [0.1, 0.15) is 30.9 Å². The lowest BCUT2D eigenvalue weighted by Crippen LogP contribution is -2.38. The van der Waals surface area contributed by atoms with Gasteiger partial charge in [0, 0.05) is 13.0 Å². The number of carbonyl (C=O) groups excluding carboxylic acids is 1. The lowest BCUT2D eigenvalue weighted by atomic mass is 10.1. The number of hydrogen-bond donors (Lipinski definition) is 1. The highest BCUT2D eigenvalue weighted by molar-refractivity contribution is 7.92. The number of anilines is 1. The number of amides is 1. The molecule has 1 aromatic carbocycles. The van der Waals surface area contributed by atoms with Crippen LogP contribution in [0.5, 0.6) is 0 Å². The van der Waals surface area contributed by atoms with Gasteiger partial charge in [-0.25, -0.2) is 8.42 Å². The minimum Gasteiger partial charge on any atom is -0.354 e. The summed E-state index contributed by atoms with van der Waals surface area (Å²) in [6.07, 6.45) is 2.42. The molecule has 0 unspecified atom stereocenters. The van der Waals surface area contributed by atoms with Crippen LogP contribution in [0.15, 0.2) is 18.2 Å². The zero-order valence-corrected chi connectivity index (χ0v) is 14.0. The quantitative estimate of drug-likeness (QED) is 0.837. The molecule has 0 spiro atoms. The molecule has 0 aliphatic heterocycles. The minimum absolute atomic E-state index is 0.0492. The molecule has 0 atom stereocenters. The smallest absolute Gasteiger partial charge is 0.232 e. The van der Waals surface area contributed by atoms with Gasteiger partial charge in [0.1, 0.15) is 0 Å². The maximum absolute atomic E-state index is 12.0. The number of sulfonamides is 1. The van der Waals surface area contributed by atoms with Crippen molar-refractivity contribution in [2.24, 2.45) is 0 Å². The van der Waals surface area contributed by atoms with E-state index in [1.54, 1.807) is 6.07 Å². The normalized spacial score (nSPS) is 11.2. The Morgan fingerprint density at radius 2 is 1.95 bits per heavy atom. The molecular weight excluding hydrogens is 288 g/mol. The van der Waals surface area contributed by atoms with E-state index < -0.39 is 10.0 Å². The Labute approximate surface area is 127 Å². The van der Waals surface area contributed by atoms with Gasteiger partial charge in [-0.15, -0.1) is 0 Å². The number of nitrogens with zero attached hydrogens (tertiary/aromatic N) is 1. The average Bonchev–Trinajstić information content (AvgIpc) is 2.37. The molecule has 0 fully saturated rings. The Morgan fingerprint density at radius 3 is 2.52 bits per heavy atom. The van der Waals surface area contributed by atoms with Crippen molar-refractivity contribution in [1.29, 1.82) is 0 Å². The third-order valence-electron chi connectivity index (χ3n) is 3.36.